The number of benzene rings is 1. The zero-order chi connectivity index (χ0) is 10.6. The van der Waals surface area contributed by atoms with Crippen LogP contribution in [0.25, 0.3) is 0 Å². The van der Waals surface area contributed by atoms with E-state index in [9.17, 15) is 4.79 Å². The van der Waals surface area contributed by atoms with Crippen LogP contribution < -0.4 is 10.2 Å². The van der Waals surface area contributed by atoms with E-state index in [1.807, 2.05) is 26.0 Å². The van der Waals surface area contributed by atoms with Crippen molar-refractivity contribution in [2.45, 2.75) is 6.42 Å². The van der Waals surface area contributed by atoms with Crippen molar-refractivity contribution in [3.8, 4) is 5.75 Å². The molecule has 1 rings (SSSR count). The zero-order valence-electron chi connectivity index (χ0n) is 8.66. The van der Waals surface area contributed by atoms with Crippen LogP contribution in [-0.2, 0) is 16.0 Å². The first kappa shape index (κ1) is 10.6. The Kier molecular flexibility index (Phi) is 3.57. The second-order valence-electron chi connectivity index (χ2n) is 3.06. The predicted octanol–water partition coefficient (Wildman–Crippen LogP) is -0.331. The molecule has 0 bridgehead atoms. The smallest absolute Gasteiger partial charge is 0.309 e. The van der Waals surface area contributed by atoms with Gasteiger partial charge in [0.05, 0.1) is 20.6 Å². The maximum atomic E-state index is 11.0. The average molecular weight is 192 g/mol. The van der Waals surface area contributed by atoms with E-state index < -0.39 is 0 Å². The molecular formula is C10H13BO3. The molecule has 0 aliphatic heterocycles. The van der Waals surface area contributed by atoms with Crippen LogP contribution >= 0.6 is 0 Å². The van der Waals surface area contributed by atoms with Gasteiger partial charge in [0.1, 0.15) is 13.6 Å². The third-order valence-corrected chi connectivity index (χ3v) is 2.04. The van der Waals surface area contributed by atoms with Crippen LogP contribution in [0.15, 0.2) is 18.2 Å². The van der Waals surface area contributed by atoms with E-state index in [1.54, 1.807) is 7.11 Å². The summed E-state index contributed by atoms with van der Waals surface area (Å²) >= 11 is 0. The Morgan fingerprint density at radius 2 is 2.14 bits per heavy atom. The lowest BCUT2D eigenvalue weighted by atomic mass is 9.92. The molecule has 0 N–H and O–H groups in total. The number of rotatable bonds is 3. The monoisotopic (exact) mass is 192 g/mol. The van der Waals surface area contributed by atoms with E-state index in [2.05, 4.69) is 4.74 Å². The van der Waals surface area contributed by atoms with Gasteiger partial charge in [0.15, 0.2) is 0 Å². The SMILES string of the molecule is Bc1cc(CC(=O)OC)ccc1OC. The molecule has 0 heterocycles. The van der Waals surface area contributed by atoms with Gasteiger partial charge in [-0.15, -0.1) is 0 Å². The summed E-state index contributed by atoms with van der Waals surface area (Å²) in [5.74, 6) is 0.605. The summed E-state index contributed by atoms with van der Waals surface area (Å²) in [6.07, 6.45) is 0.307. The first-order chi connectivity index (χ1) is 6.67. The topological polar surface area (TPSA) is 35.5 Å². The van der Waals surface area contributed by atoms with Gasteiger partial charge in [0.2, 0.25) is 0 Å². The van der Waals surface area contributed by atoms with Gasteiger partial charge in [-0.3, -0.25) is 4.79 Å². The molecule has 3 nitrogen and oxygen atoms in total. The fourth-order valence-corrected chi connectivity index (χ4v) is 1.29. The molecule has 0 spiro atoms. The lowest BCUT2D eigenvalue weighted by Gasteiger charge is -2.06. The lowest BCUT2D eigenvalue weighted by molar-refractivity contribution is -0.139. The quantitative estimate of drug-likeness (QED) is 0.485. The van der Waals surface area contributed by atoms with E-state index in [-0.39, 0.29) is 5.97 Å². The van der Waals surface area contributed by atoms with Crippen LogP contribution in [0.3, 0.4) is 0 Å². The minimum atomic E-state index is -0.227. The molecule has 1 aromatic carbocycles. The van der Waals surface area contributed by atoms with Gasteiger partial charge in [-0.1, -0.05) is 12.1 Å². The Hall–Kier alpha value is -1.45. The molecule has 0 aliphatic rings. The van der Waals surface area contributed by atoms with Crippen LogP contribution in [0.5, 0.6) is 5.75 Å². The summed E-state index contributed by atoms with van der Waals surface area (Å²) < 4.78 is 9.70. The van der Waals surface area contributed by atoms with Gasteiger partial charge in [-0.2, -0.15) is 0 Å². The highest BCUT2D eigenvalue weighted by Crippen LogP contribution is 2.08. The first-order valence-corrected chi connectivity index (χ1v) is 4.37. The van der Waals surface area contributed by atoms with Crippen LogP contribution in [0.2, 0.25) is 0 Å². The Morgan fingerprint density at radius 1 is 1.43 bits per heavy atom. The van der Waals surface area contributed by atoms with E-state index >= 15 is 0 Å². The molecule has 0 amide bonds. The largest absolute Gasteiger partial charge is 0.497 e. The number of hydrogen-bond donors (Lipinski definition) is 0. The Morgan fingerprint density at radius 3 is 2.64 bits per heavy atom. The minimum Gasteiger partial charge on any atom is -0.497 e. The number of hydrogen-bond acceptors (Lipinski definition) is 3. The summed E-state index contributed by atoms with van der Waals surface area (Å²) in [5.41, 5.74) is 1.96. The average Bonchev–Trinajstić information content (AvgIpc) is 2.18. The highest BCUT2D eigenvalue weighted by atomic mass is 16.5. The Bertz CT molecular complexity index is 336. The van der Waals surface area contributed by atoms with Gasteiger partial charge >= 0.3 is 5.97 Å². The molecule has 0 aromatic heterocycles. The maximum Gasteiger partial charge on any atom is 0.309 e. The molecule has 0 atom stereocenters. The maximum absolute atomic E-state index is 11.0. The molecule has 0 radical (unpaired) electrons. The molecule has 0 aliphatic carbocycles. The lowest BCUT2D eigenvalue weighted by Crippen LogP contribution is -2.11. The fourth-order valence-electron chi connectivity index (χ4n) is 1.29. The van der Waals surface area contributed by atoms with Crippen molar-refractivity contribution in [2.75, 3.05) is 14.2 Å². The number of ether oxygens (including phenoxy) is 2. The van der Waals surface area contributed by atoms with Crippen LogP contribution in [0.1, 0.15) is 5.56 Å². The third kappa shape index (κ3) is 2.52. The summed E-state index contributed by atoms with van der Waals surface area (Å²) in [6, 6.07) is 5.64. The number of methoxy groups -OCH3 is 2. The van der Waals surface area contributed by atoms with Crippen molar-refractivity contribution in [2.24, 2.45) is 0 Å². The number of carbonyl (C=O) groups is 1. The summed E-state index contributed by atoms with van der Waals surface area (Å²) in [7, 11) is 4.96. The summed E-state index contributed by atoms with van der Waals surface area (Å²) in [4.78, 5) is 11.0. The zero-order valence-corrected chi connectivity index (χ0v) is 8.66. The number of carbonyl (C=O) groups excluding carboxylic acids is 1. The highest BCUT2D eigenvalue weighted by Gasteiger charge is 2.04. The number of esters is 1. The van der Waals surface area contributed by atoms with E-state index in [4.69, 9.17) is 4.74 Å². The standard InChI is InChI=1S/C10H13BO3/c1-13-9-4-3-7(5-8(9)11)6-10(12)14-2/h3-5H,6,11H2,1-2H3. The third-order valence-electron chi connectivity index (χ3n) is 2.04. The molecule has 74 valence electrons. The molecule has 0 saturated heterocycles. The van der Waals surface area contributed by atoms with Crippen molar-refractivity contribution in [3.63, 3.8) is 0 Å². The second kappa shape index (κ2) is 4.70. The Labute approximate surface area is 84.4 Å². The minimum absolute atomic E-state index is 0.227. The molecule has 1 aromatic rings. The first-order valence-electron chi connectivity index (χ1n) is 4.37. The predicted molar refractivity (Wildman–Crippen MR) is 56.9 cm³/mol. The molecule has 4 heteroatoms. The fraction of sp³-hybridized carbons (Fsp3) is 0.300. The normalized spacial score (nSPS) is 9.57. The Balaban J connectivity index is 2.81. The van der Waals surface area contributed by atoms with E-state index in [0.717, 1.165) is 16.8 Å². The second-order valence-corrected chi connectivity index (χ2v) is 3.06. The molecule has 0 saturated carbocycles. The van der Waals surface area contributed by atoms with Crippen molar-refractivity contribution in [3.05, 3.63) is 23.8 Å². The molecule has 0 unspecified atom stereocenters. The van der Waals surface area contributed by atoms with Gasteiger partial charge in [-0.05, 0) is 17.1 Å². The molecule has 0 fully saturated rings. The van der Waals surface area contributed by atoms with Crippen molar-refractivity contribution < 1.29 is 14.3 Å². The van der Waals surface area contributed by atoms with E-state index in [0.29, 0.717) is 6.42 Å². The highest BCUT2D eigenvalue weighted by molar-refractivity contribution is 6.34. The van der Waals surface area contributed by atoms with Crippen LogP contribution in [-0.4, -0.2) is 28.0 Å². The van der Waals surface area contributed by atoms with Crippen LogP contribution in [0, 0.1) is 0 Å². The summed E-state index contributed by atoms with van der Waals surface area (Å²) in [6.45, 7) is 0. The van der Waals surface area contributed by atoms with Crippen molar-refractivity contribution >= 4 is 19.3 Å². The van der Waals surface area contributed by atoms with Gasteiger partial charge in [0.25, 0.3) is 0 Å². The molecule has 14 heavy (non-hydrogen) atoms. The van der Waals surface area contributed by atoms with Crippen molar-refractivity contribution in [1.82, 2.24) is 0 Å². The van der Waals surface area contributed by atoms with Gasteiger partial charge in [0, 0.05) is 0 Å². The van der Waals surface area contributed by atoms with Crippen LogP contribution in [0.4, 0.5) is 0 Å². The molecular weight excluding hydrogens is 179 g/mol. The summed E-state index contributed by atoms with van der Waals surface area (Å²) in [5, 5.41) is 0. The van der Waals surface area contributed by atoms with E-state index in [1.165, 1.54) is 7.11 Å². The van der Waals surface area contributed by atoms with Crippen molar-refractivity contribution in [1.29, 1.82) is 0 Å². The van der Waals surface area contributed by atoms with Gasteiger partial charge in [-0.25, -0.2) is 0 Å². The van der Waals surface area contributed by atoms with Gasteiger partial charge < -0.3 is 9.47 Å².